The maximum absolute atomic E-state index is 6.95. The third-order valence-electron chi connectivity index (χ3n) is 9.74. The van der Waals surface area contributed by atoms with Gasteiger partial charge in [-0.3, -0.25) is 0 Å². The van der Waals surface area contributed by atoms with Crippen LogP contribution in [0.4, 0.5) is 0 Å². The van der Waals surface area contributed by atoms with Gasteiger partial charge in [0.15, 0.2) is 5.79 Å². The van der Waals surface area contributed by atoms with Crippen molar-refractivity contribution in [1.82, 2.24) is 0 Å². The van der Waals surface area contributed by atoms with Crippen molar-refractivity contribution in [2.75, 3.05) is 13.2 Å². The number of hydrogen-bond donors (Lipinski definition) is 0. The molecule has 0 amide bonds. The van der Waals surface area contributed by atoms with Crippen molar-refractivity contribution < 1.29 is 14.2 Å². The van der Waals surface area contributed by atoms with Gasteiger partial charge in [0, 0.05) is 11.8 Å². The van der Waals surface area contributed by atoms with Crippen LogP contribution in [0, 0.1) is 53.3 Å². The van der Waals surface area contributed by atoms with E-state index in [0.717, 1.165) is 55.3 Å². The molecular formula is C22H24O3. The summed E-state index contributed by atoms with van der Waals surface area (Å²) in [5.41, 5.74) is 1.35. The summed E-state index contributed by atoms with van der Waals surface area (Å²) >= 11 is 0. The first-order valence-corrected chi connectivity index (χ1v) is 10.3. The highest BCUT2D eigenvalue weighted by Gasteiger charge is 2.93. The monoisotopic (exact) mass is 336 g/mol. The zero-order valence-electron chi connectivity index (χ0n) is 14.3. The molecular weight excluding hydrogens is 312 g/mol. The van der Waals surface area contributed by atoms with Crippen molar-refractivity contribution >= 4 is 0 Å². The van der Waals surface area contributed by atoms with Gasteiger partial charge in [-0.15, -0.1) is 0 Å². The molecule has 1 heterocycles. The molecule has 6 aliphatic rings. The lowest BCUT2D eigenvalue weighted by Crippen LogP contribution is -2.63. The summed E-state index contributed by atoms with van der Waals surface area (Å²) in [5, 5.41) is 0. The summed E-state index contributed by atoms with van der Waals surface area (Å²) in [6.07, 6.45) is 2.73. The Kier molecular flexibility index (Phi) is 2.05. The van der Waals surface area contributed by atoms with Gasteiger partial charge in [-0.05, 0) is 59.8 Å². The van der Waals surface area contributed by atoms with Crippen LogP contribution >= 0.6 is 0 Å². The highest BCUT2D eigenvalue weighted by atomic mass is 16.7. The predicted octanol–water partition coefficient (Wildman–Crippen LogP) is 3.09. The van der Waals surface area contributed by atoms with Crippen molar-refractivity contribution in [2.45, 2.75) is 30.8 Å². The molecule has 0 unspecified atom stereocenters. The number of fused-ring (bicyclic) bond motifs is 16. The van der Waals surface area contributed by atoms with E-state index in [1.54, 1.807) is 0 Å². The minimum absolute atomic E-state index is 0.0430. The summed E-state index contributed by atoms with van der Waals surface area (Å²) in [4.78, 5) is 0. The molecule has 5 saturated carbocycles. The number of benzene rings is 1. The van der Waals surface area contributed by atoms with E-state index in [1.807, 2.05) is 0 Å². The summed E-state index contributed by atoms with van der Waals surface area (Å²) in [6, 6.07) is 10.7. The van der Waals surface area contributed by atoms with Gasteiger partial charge in [0.1, 0.15) is 0 Å². The topological polar surface area (TPSA) is 27.7 Å². The van der Waals surface area contributed by atoms with E-state index in [0.29, 0.717) is 17.8 Å². The van der Waals surface area contributed by atoms with Gasteiger partial charge in [0.25, 0.3) is 0 Å². The molecule has 0 radical (unpaired) electrons. The molecule has 1 aromatic carbocycles. The second-order valence-corrected chi connectivity index (χ2v) is 9.84. The van der Waals surface area contributed by atoms with Crippen LogP contribution in [0.15, 0.2) is 30.3 Å². The fourth-order valence-electron chi connectivity index (χ4n) is 9.84. The van der Waals surface area contributed by atoms with Crippen LogP contribution in [0.25, 0.3) is 0 Å². The predicted molar refractivity (Wildman–Crippen MR) is 89.2 cm³/mol. The second kappa shape index (κ2) is 3.85. The van der Waals surface area contributed by atoms with Gasteiger partial charge in [0.05, 0.1) is 25.4 Å². The lowest BCUT2D eigenvalue weighted by atomic mass is 9.44. The van der Waals surface area contributed by atoms with Crippen LogP contribution in [0.5, 0.6) is 0 Å². The van der Waals surface area contributed by atoms with Crippen LogP contribution in [-0.4, -0.2) is 24.6 Å². The first-order chi connectivity index (χ1) is 12.4. The zero-order valence-corrected chi connectivity index (χ0v) is 14.3. The van der Waals surface area contributed by atoms with E-state index >= 15 is 0 Å². The highest BCUT2D eigenvalue weighted by Crippen LogP contribution is 2.90. The van der Waals surface area contributed by atoms with Gasteiger partial charge in [-0.2, -0.15) is 0 Å². The Hall–Kier alpha value is -0.900. The zero-order chi connectivity index (χ0) is 16.0. The molecule has 3 heteroatoms. The highest BCUT2D eigenvalue weighted by molar-refractivity contribution is 5.39. The molecule has 1 saturated heterocycles. The van der Waals surface area contributed by atoms with Crippen LogP contribution in [0.3, 0.4) is 0 Å². The van der Waals surface area contributed by atoms with Crippen molar-refractivity contribution in [1.29, 1.82) is 0 Å². The van der Waals surface area contributed by atoms with E-state index in [9.17, 15) is 0 Å². The second-order valence-electron chi connectivity index (χ2n) is 9.84. The first-order valence-electron chi connectivity index (χ1n) is 10.3. The van der Waals surface area contributed by atoms with Gasteiger partial charge < -0.3 is 14.2 Å². The molecule has 10 atom stereocenters. The largest absolute Gasteiger partial charge is 0.369 e. The van der Waals surface area contributed by atoms with Gasteiger partial charge in [-0.25, -0.2) is 0 Å². The lowest BCUT2D eigenvalue weighted by Gasteiger charge is -2.62. The molecule has 5 aliphatic carbocycles. The summed E-state index contributed by atoms with van der Waals surface area (Å²) < 4.78 is 19.9. The van der Waals surface area contributed by atoms with E-state index in [4.69, 9.17) is 14.2 Å². The molecule has 25 heavy (non-hydrogen) atoms. The van der Waals surface area contributed by atoms with Crippen molar-refractivity contribution in [3.63, 3.8) is 0 Å². The molecule has 0 aromatic heterocycles. The maximum atomic E-state index is 6.95. The van der Waals surface area contributed by atoms with E-state index in [1.165, 1.54) is 18.4 Å². The average molecular weight is 336 g/mol. The lowest BCUT2D eigenvalue weighted by molar-refractivity contribution is -0.292. The number of rotatable bonds is 3. The molecule has 3 nitrogen and oxygen atoms in total. The Balaban J connectivity index is 1.27. The third-order valence-corrected chi connectivity index (χ3v) is 9.74. The SMILES string of the molecule is c1ccc(CO[C@@]23C[C@@H]4[C@@H]5[C@@H]6C[C@@H]7[C@H]5[C@H]4[C@H]2C2(OCCO2)[C@H]7[C@@H]63)cc1. The van der Waals surface area contributed by atoms with E-state index < -0.39 is 0 Å². The summed E-state index contributed by atoms with van der Waals surface area (Å²) in [6.45, 7) is 2.33. The Bertz CT molecular complexity index is 771. The van der Waals surface area contributed by atoms with Crippen molar-refractivity contribution in [3.05, 3.63) is 35.9 Å². The smallest absolute Gasteiger partial charge is 0.177 e. The summed E-state index contributed by atoms with van der Waals surface area (Å²) in [5.74, 6) is 7.10. The number of hydrogen-bond acceptors (Lipinski definition) is 3. The Morgan fingerprint density at radius 2 is 1.72 bits per heavy atom. The van der Waals surface area contributed by atoms with E-state index in [2.05, 4.69) is 30.3 Å². The molecule has 2 bridgehead atoms. The Morgan fingerprint density at radius 1 is 0.920 bits per heavy atom. The summed E-state index contributed by atoms with van der Waals surface area (Å²) in [7, 11) is 0. The van der Waals surface area contributed by atoms with Crippen molar-refractivity contribution in [2.24, 2.45) is 53.3 Å². The van der Waals surface area contributed by atoms with Crippen LogP contribution in [-0.2, 0) is 20.8 Å². The minimum atomic E-state index is -0.276. The molecule has 6 fully saturated rings. The van der Waals surface area contributed by atoms with E-state index in [-0.39, 0.29) is 11.4 Å². The van der Waals surface area contributed by atoms with Crippen LogP contribution < -0.4 is 0 Å². The van der Waals surface area contributed by atoms with Crippen molar-refractivity contribution in [3.8, 4) is 0 Å². The third kappa shape index (κ3) is 1.14. The molecule has 1 aliphatic heterocycles. The van der Waals surface area contributed by atoms with Gasteiger partial charge in [0.2, 0.25) is 0 Å². The molecule has 1 spiro atoms. The fraction of sp³-hybridized carbons (Fsp3) is 0.727. The van der Waals surface area contributed by atoms with Crippen LogP contribution in [0.1, 0.15) is 18.4 Å². The minimum Gasteiger partial charge on any atom is -0.369 e. The Labute approximate surface area is 148 Å². The van der Waals surface area contributed by atoms with Gasteiger partial charge >= 0.3 is 0 Å². The quantitative estimate of drug-likeness (QED) is 0.794. The van der Waals surface area contributed by atoms with Crippen LogP contribution in [0.2, 0.25) is 0 Å². The van der Waals surface area contributed by atoms with Gasteiger partial charge in [-0.1, -0.05) is 30.3 Å². The maximum Gasteiger partial charge on any atom is 0.177 e. The first kappa shape index (κ1) is 13.3. The molecule has 130 valence electrons. The molecule has 7 rings (SSSR count). The normalized spacial score (nSPS) is 59.4. The fourth-order valence-corrected chi connectivity index (χ4v) is 9.84. The Morgan fingerprint density at radius 3 is 2.56 bits per heavy atom. The average Bonchev–Trinajstić information content (AvgIpc) is 3.37. The number of ether oxygens (including phenoxy) is 3. The standard InChI is InChI=1S/C22H24O3/c1-2-4-11(5-3-1)10-25-21-9-14-15-12-8-13-16(15)17(14)20(21)22(19(13)18(12)21)23-6-7-24-22/h1-5,12-20H,6-10H2/t12-,13+,14+,15-,16+,17-,18+,19+,20+,21+/m0/s1. The molecule has 0 N–H and O–H groups in total. The molecule has 1 aromatic rings.